The van der Waals surface area contributed by atoms with Crippen LogP contribution in [0.3, 0.4) is 0 Å². The van der Waals surface area contributed by atoms with Crippen LogP contribution in [-0.4, -0.2) is 72.8 Å². The summed E-state index contributed by atoms with van der Waals surface area (Å²) in [7, 11) is 1.83. The Bertz CT molecular complexity index is 885. The fourth-order valence-corrected chi connectivity index (χ4v) is 3.46. The number of rotatable bonds is 7. The topological polar surface area (TPSA) is 55.9 Å². The number of amides is 2. The first-order valence-corrected chi connectivity index (χ1v) is 9.87. The Morgan fingerprint density at radius 2 is 1.67 bits per heavy atom. The third kappa shape index (κ3) is 6.60. The van der Waals surface area contributed by atoms with E-state index < -0.39 is 5.82 Å². The SMILES string of the molecule is CN(CC(=O)N1CCN(CC(=O)Nc2cccc(F)c2)CC1)Cc1cccc(F)c1. The van der Waals surface area contributed by atoms with Gasteiger partial charge in [-0.3, -0.25) is 19.4 Å². The summed E-state index contributed by atoms with van der Waals surface area (Å²) in [5.74, 6) is -0.889. The molecule has 1 heterocycles. The van der Waals surface area contributed by atoms with Crippen molar-refractivity contribution in [3.05, 3.63) is 65.7 Å². The van der Waals surface area contributed by atoms with Gasteiger partial charge in [0.05, 0.1) is 13.1 Å². The Kier molecular flexibility index (Phi) is 7.48. The molecule has 0 aliphatic carbocycles. The summed E-state index contributed by atoms with van der Waals surface area (Å²) < 4.78 is 26.5. The van der Waals surface area contributed by atoms with Gasteiger partial charge in [-0.15, -0.1) is 0 Å². The van der Waals surface area contributed by atoms with E-state index in [0.29, 0.717) is 38.4 Å². The molecule has 0 radical (unpaired) electrons. The molecule has 0 unspecified atom stereocenters. The van der Waals surface area contributed by atoms with E-state index in [4.69, 9.17) is 0 Å². The van der Waals surface area contributed by atoms with Gasteiger partial charge in [0.25, 0.3) is 0 Å². The summed E-state index contributed by atoms with van der Waals surface area (Å²) >= 11 is 0. The molecule has 2 aromatic rings. The van der Waals surface area contributed by atoms with Crippen LogP contribution in [0, 0.1) is 11.6 Å². The highest BCUT2D eigenvalue weighted by Gasteiger charge is 2.23. The zero-order valence-electron chi connectivity index (χ0n) is 17.0. The summed E-state index contributed by atoms with van der Waals surface area (Å²) in [5, 5.41) is 2.68. The lowest BCUT2D eigenvalue weighted by Crippen LogP contribution is -2.52. The Morgan fingerprint density at radius 3 is 2.33 bits per heavy atom. The van der Waals surface area contributed by atoms with Crippen molar-refractivity contribution >= 4 is 17.5 Å². The highest BCUT2D eigenvalue weighted by Crippen LogP contribution is 2.10. The van der Waals surface area contributed by atoms with Crippen molar-refractivity contribution in [1.29, 1.82) is 0 Å². The molecule has 1 aliphatic heterocycles. The molecular formula is C22H26F2N4O2. The number of piperazine rings is 1. The van der Waals surface area contributed by atoms with Crippen molar-refractivity contribution < 1.29 is 18.4 Å². The number of benzene rings is 2. The summed E-state index contributed by atoms with van der Waals surface area (Å²) in [6, 6.07) is 12.1. The second-order valence-electron chi connectivity index (χ2n) is 7.52. The fraction of sp³-hybridized carbons (Fsp3) is 0.364. The number of carbonyl (C=O) groups excluding carboxylic acids is 2. The van der Waals surface area contributed by atoms with Crippen molar-refractivity contribution in [2.75, 3.05) is 51.6 Å². The molecule has 0 spiro atoms. The Balaban J connectivity index is 1.40. The van der Waals surface area contributed by atoms with Gasteiger partial charge in [0.2, 0.25) is 11.8 Å². The highest BCUT2D eigenvalue weighted by molar-refractivity contribution is 5.92. The van der Waals surface area contributed by atoms with E-state index in [2.05, 4.69) is 5.32 Å². The van der Waals surface area contributed by atoms with E-state index >= 15 is 0 Å². The highest BCUT2D eigenvalue weighted by atomic mass is 19.1. The number of likely N-dealkylation sites (N-methyl/N-ethyl adjacent to an activating group) is 1. The normalized spacial score (nSPS) is 14.7. The largest absolute Gasteiger partial charge is 0.339 e. The molecule has 6 nitrogen and oxygen atoms in total. The minimum atomic E-state index is -0.401. The monoisotopic (exact) mass is 416 g/mol. The van der Waals surface area contributed by atoms with Gasteiger partial charge in [-0.25, -0.2) is 8.78 Å². The predicted molar refractivity (Wildman–Crippen MR) is 111 cm³/mol. The van der Waals surface area contributed by atoms with Gasteiger partial charge in [0.15, 0.2) is 0 Å². The Hall–Kier alpha value is -2.84. The van der Waals surface area contributed by atoms with Crippen LogP contribution in [0.5, 0.6) is 0 Å². The van der Waals surface area contributed by atoms with Gasteiger partial charge in [0, 0.05) is 38.4 Å². The van der Waals surface area contributed by atoms with Crippen LogP contribution in [0.2, 0.25) is 0 Å². The van der Waals surface area contributed by atoms with E-state index in [-0.39, 0.29) is 30.7 Å². The minimum Gasteiger partial charge on any atom is -0.339 e. The molecule has 160 valence electrons. The van der Waals surface area contributed by atoms with Crippen LogP contribution in [-0.2, 0) is 16.1 Å². The molecule has 8 heteroatoms. The molecular weight excluding hydrogens is 390 g/mol. The summed E-state index contributed by atoms with van der Waals surface area (Å²) in [5.41, 5.74) is 1.24. The number of anilines is 1. The minimum absolute atomic E-state index is 0.0118. The summed E-state index contributed by atoms with van der Waals surface area (Å²) in [4.78, 5) is 30.3. The molecule has 30 heavy (non-hydrogen) atoms. The maximum atomic E-state index is 13.3. The van der Waals surface area contributed by atoms with Crippen LogP contribution in [0.15, 0.2) is 48.5 Å². The zero-order valence-corrected chi connectivity index (χ0v) is 17.0. The van der Waals surface area contributed by atoms with Gasteiger partial charge < -0.3 is 10.2 Å². The van der Waals surface area contributed by atoms with Gasteiger partial charge in [-0.2, -0.15) is 0 Å². The van der Waals surface area contributed by atoms with Crippen LogP contribution in [0.1, 0.15) is 5.56 Å². The lowest BCUT2D eigenvalue weighted by molar-refractivity contribution is -0.134. The molecule has 1 N–H and O–H groups in total. The Morgan fingerprint density at radius 1 is 1.00 bits per heavy atom. The molecule has 0 saturated carbocycles. The molecule has 0 aromatic heterocycles. The van der Waals surface area contributed by atoms with Crippen LogP contribution in [0.25, 0.3) is 0 Å². The second-order valence-corrected chi connectivity index (χ2v) is 7.52. The van der Waals surface area contributed by atoms with Crippen molar-refractivity contribution in [1.82, 2.24) is 14.7 Å². The number of hydrogen-bond donors (Lipinski definition) is 1. The lowest BCUT2D eigenvalue weighted by Gasteiger charge is -2.35. The van der Waals surface area contributed by atoms with Crippen molar-refractivity contribution in [3.63, 3.8) is 0 Å². The third-order valence-electron chi connectivity index (χ3n) is 4.95. The smallest absolute Gasteiger partial charge is 0.238 e. The average molecular weight is 416 g/mol. The predicted octanol–water partition coefficient (Wildman–Crippen LogP) is 2.18. The molecule has 1 saturated heterocycles. The maximum Gasteiger partial charge on any atom is 0.238 e. The standard InChI is InChI=1S/C22H26F2N4O2/c1-26(14-17-4-2-5-18(23)12-17)16-22(30)28-10-8-27(9-11-28)15-21(29)25-20-7-3-6-19(24)13-20/h2-7,12-13H,8-11,14-16H2,1H3,(H,25,29). The van der Waals surface area contributed by atoms with E-state index in [1.165, 1.54) is 24.3 Å². The molecule has 2 amide bonds. The zero-order chi connectivity index (χ0) is 21.5. The van der Waals surface area contributed by atoms with Crippen LogP contribution >= 0.6 is 0 Å². The van der Waals surface area contributed by atoms with E-state index in [1.54, 1.807) is 23.1 Å². The van der Waals surface area contributed by atoms with E-state index in [1.807, 2.05) is 22.9 Å². The van der Waals surface area contributed by atoms with Gasteiger partial charge in [0.1, 0.15) is 11.6 Å². The molecule has 0 bridgehead atoms. The first-order chi connectivity index (χ1) is 14.4. The fourth-order valence-electron chi connectivity index (χ4n) is 3.46. The van der Waals surface area contributed by atoms with Crippen molar-refractivity contribution in [2.45, 2.75) is 6.54 Å². The van der Waals surface area contributed by atoms with E-state index in [0.717, 1.165) is 5.56 Å². The first-order valence-electron chi connectivity index (χ1n) is 9.87. The molecule has 0 atom stereocenters. The average Bonchev–Trinajstić information content (AvgIpc) is 2.68. The summed E-state index contributed by atoms with van der Waals surface area (Å²) in [6.07, 6.45) is 0. The molecule has 1 fully saturated rings. The lowest BCUT2D eigenvalue weighted by atomic mass is 10.2. The summed E-state index contributed by atoms with van der Waals surface area (Å²) in [6.45, 7) is 3.20. The van der Waals surface area contributed by atoms with E-state index in [9.17, 15) is 18.4 Å². The number of nitrogens with one attached hydrogen (secondary N) is 1. The maximum absolute atomic E-state index is 13.3. The number of carbonyl (C=O) groups is 2. The first kappa shape index (κ1) is 21.9. The number of hydrogen-bond acceptors (Lipinski definition) is 4. The van der Waals surface area contributed by atoms with Crippen LogP contribution in [0.4, 0.5) is 14.5 Å². The molecule has 2 aromatic carbocycles. The Labute approximate surface area is 175 Å². The second kappa shape index (κ2) is 10.3. The molecule has 1 aliphatic rings. The number of nitrogens with zero attached hydrogens (tertiary/aromatic N) is 3. The quantitative estimate of drug-likeness (QED) is 0.752. The third-order valence-corrected chi connectivity index (χ3v) is 4.95. The van der Waals surface area contributed by atoms with Crippen molar-refractivity contribution in [2.24, 2.45) is 0 Å². The van der Waals surface area contributed by atoms with Crippen LogP contribution < -0.4 is 5.32 Å². The van der Waals surface area contributed by atoms with Crippen molar-refractivity contribution in [3.8, 4) is 0 Å². The van der Waals surface area contributed by atoms with Gasteiger partial charge in [-0.1, -0.05) is 18.2 Å². The van der Waals surface area contributed by atoms with Gasteiger partial charge in [-0.05, 0) is 42.9 Å². The number of halogens is 2. The van der Waals surface area contributed by atoms with Gasteiger partial charge >= 0.3 is 0 Å². The molecule has 3 rings (SSSR count).